The first-order chi connectivity index (χ1) is 15.3. The van der Waals surface area contributed by atoms with Crippen LogP contribution in [-0.2, 0) is 6.42 Å². The van der Waals surface area contributed by atoms with E-state index < -0.39 is 0 Å². The molecule has 0 saturated heterocycles. The van der Waals surface area contributed by atoms with Crippen LogP contribution >= 0.6 is 0 Å². The zero-order chi connectivity index (χ0) is 22.0. The lowest BCUT2D eigenvalue weighted by atomic mass is 10.1. The third-order valence-electron chi connectivity index (χ3n) is 5.66. The van der Waals surface area contributed by atoms with Gasteiger partial charge in [0.05, 0.1) is 6.26 Å². The third kappa shape index (κ3) is 11.1. The van der Waals surface area contributed by atoms with Gasteiger partial charge in [-0.25, -0.2) is 9.97 Å². The van der Waals surface area contributed by atoms with Crippen molar-refractivity contribution in [2.75, 3.05) is 0 Å². The lowest BCUT2D eigenvalue weighted by Crippen LogP contribution is -1.93. The number of allylic oxidation sites excluding steroid dienone is 1. The predicted molar refractivity (Wildman–Crippen MR) is 132 cm³/mol. The van der Waals surface area contributed by atoms with Crippen molar-refractivity contribution in [1.82, 2.24) is 9.97 Å². The highest BCUT2D eigenvalue weighted by Gasteiger charge is 2.02. The van der Waals surface area contributed by atoms with Gasteiger partial charge in [-0.2, -0.15) is 0 Å². The first kappa shape index (κ1) is 25.1. The van der Waals surface area contributed by atoms with Gasteiger partial charge in [-0.15, -0.1) is 0 Å². The predicted octanol–water partition coefficient (Wildman–Crippen LogP) is 8.69. The fourth-order valence-electron chi connectivity index (χ4n) is 3.66. The van der Waals surface area contributed by atoms with Crippen LogP contribution in [0.1, 0.15) is 103 Å². The molecule has 31 heavy (non-hydrogen) atoms. The Morgan fingerprint density at radius 3 is 1.94 bits per heavy atom. The summed E-state index contributed by atoms with van der Waals surface area (Å²) in [5.74, 6) is 1.62. The number of unbranched alkanes of at least 4 members (excludes halogenated alkanes) is 11. The first-order valence-corrected chi connectivity index (χ1v) is 12.6. The van der Waals surface area contributed by atoms with Crippen molar-refractivity contribution < 1.29 is 4.74 Å². The van der Waals surface area contributed by atoms with E-state index in [1.54, 1.807) is 0 Å². The average molecular weight is 423 g/mol. The number of benzene rings is 1. The van der Waals surface area contributed by atoms with E-state index in [1.165, 1.54) is 82.6 Å². The second-order valence-electron chi connectivity index (χ2n) is 8.50. The number of hydrogen-bond acceptors (Lipinski definition) is 3. The van der Waals surface area contributed by atoms with E-state index >= 15 is 0 Å². The standard InChI is InChI=1S/C28H42N2O/c1-3-5-7-9-10-11-12-14-16-22-31-27-20-18-26(19-21-27)28-29-23-25(24-30-28)17-15-13-8-6-4-2/h16,18-24H,3-15,17H2,1-2H3/b22-16+. The zero-order valence-corrected chi connectivity index (χ0v) is 19.8. The molecule has 1 heterocycles. The summed E-state index contributed by atoms with van der Waals surface area (Å²) in [5, 5.41) is 0. The Kier molecular flexibility index (Phi) is 13.4. The molecule has 0 saturated carbocycles. The van der Waals surface area contributed by atoms with Crippen LogP contribution in [0, 0.1) is 0 Å². The SMILES string of the molecule is CCCCCCCCC/C=C/Oc1ccc(-c2ncc(CCCCCCC)cn2)cc1. The lowest BCUT2D eigenvalue weighted by molar-refractivity contribution is 0.477. The molecular formula is C28H42N2O. The van der Waals surface area contributed by atoms with E-state index in [0.717, 1.165) is 30.0 Å². The van der Waals surface area contributed by atoms with E-state index in [1.807, 2.05) is 42.9 Å². The van der Waals surface area contributed by atoms with Crippen LogP contribution in [0.2, 0.25) is 0 Å². The number of rotatable bonds is 17. The highest BCUT2D eigenvalue weighted by Crippen LogP contribution is 2.20. The van der Waals surface area contributed by atoms with Gasteiger partial charge in [0.25, 0.3) is 0 Å². The van der Waals surface area contributed by atoms with Gasteiger partial charge in [-0.3, -0.25) is 0 Å². The molecule has 0 N–H and O–H groups in total. The first-order valence-electron chi connectivity index (χ1n) is 12.6. The number of aromatic nitrogens is 2. The van der Waals surface area contributed by atoms with Crippen molar-refractivity contribution >= 4 is 0 Å². The summed E-state index contributed by atoms with van der Waals surface area (Å²) in [5.41, 5.74) is 2.25. The lowest BCUT2D eigenvalue weighted by Gasteiger charge is -2.05. The Morgan fingerprint density at radius 2 is 1.29 bits per heavy atom. The summed E-state index contributed by atoms with van der Waals surface area (Å²) >= 11 is 0. The second kappa shape index (κ2) is 16.5. The summed E-state index contributed by atoms with van der Waals surface area (Å²) < 4.78 is 5.73. The minimum atomic E-state index is 0.774. The fraction of sp³-hybridized carbons (Fsp3) is 0.571. The van der Waals surface area contributed by atoms with Crippen molar-refractivity contribution in [2.24, 2.45) is 0 Å². The van der Waals surface area contributed by atoms with E-state index in [4.69, 9.17) is 4.74 Å². The van der Waals surface area contributed by atoms with E-state index in [0.29, 0.717) is 0 Å². The maximum atomic E-state index is 5.73. The molecule has 0 fully saturated rings. The number of hydrogen-bond donors (Lipinski definition) is 0. The monoisotopic (exact) mass is 422 g/mol. The van der Waals surface area contributed by atoms with Crippen molar-refractivity contribution in [2.45, 2.75) is 104 Å². The van der Waals surface area contributed by atoms with Crippen molar-refractivity contribution in [3.05, 3.63) is 54.6 Å². The summed E-state index contributed by atoms with van der Waals surface area (Å²) in [6.45, 7) is 4.51. The van der Waals surface area contributed by atoms with E-state index in [2.05, 4.69) is 29.9 Å². The number of ether oxygens (including phenoxy) is 1. The molecule has 0 bridgehead atoms. The van der Waals surface area contributed by atoms with Gasteiger partial charge in [-0.05, 0) is 61.6 Å². The Labute approximate surface area is 190 Å². The fourth-order valence-corrected chi connectivity index (χ4v) is 3.66. The molecule has 0 aliphatic carbocycles. The number of aryl methyl sites for hydroxylation is 1. The van der Waals surface area contributed by atoms with Gasteiger partial charge >= 0.3 is 0 Å². The largest absolute Gasteiger partial charge is 0.465 e. The molecule has 2 aromatic rings. The molecule has 0 radical (unpaired) electrons. The van der Waals surface area contributed by atoms with Crippen LogP contribution in [0.3, 0.4) is 0 Å². The van der Waals surface area contributed by atoms with Crippen LogP contribution < -0.4 is 4.74 Å². The minimum absolute atomic E-state index is 0.774. The van der Waals surface area contributed by atoms with E-state index in [9.17, 15) is 0 Å². The zero-order valence-electron chi connectivity index (χ0n) is 19.8. The molecule has 0 aliphatic rings. The quantitative estimate of drug-likeness (QED) is 0.189. The average Bonchev–Trinajstić information content (AvgIpc) is 2.81. The summed E-state index contributed by atoms with van der Waals surface area (Å²) in [7, 11) is 0. The van der Waals surface area contributed by atoms with E-state index in [-0.39, 0.29) is 0 Å². The molecule has 2 rings (SSSR count). The molecule has 0 unspecified atom stereocenters. The molecule has 0 atom stereocenters. The molecule has 0 aliphatic heterocycles. The van der Waals surface area contributed by atoms with Crippen molar-refractivity contribution in [3.63, 3.8) is 0 Å². The maximum absolute atomic E-state index is 5.73. The molecule has 0 spiro atoms. The Balaban J connectivity index is 1.65. The van der Waals surface area contributed by atoms with Crippen molar-refractivity contribution in [3.8, 4) is 17.1 Å². The smallest absolute Gasteiger partial charge is 0.159 e. The Morgan fingerprint density at radius 1 is 0.710 bits per heavy atom. The summed E-state index contributed by atoms with van der Waals surface area (Å²) in [6.07, 6.45) is 25.9. The Hall–Kier alpha value is -2.16. The van der Waals surface area contributed by atoms with Gasteiger partial charge in [0.2, 0.25) is 0 Å². The summed E-state index contributed by atoms with van der Waals surface area (Å²) in [6, 6.07) is 8.02. The van der Waals surface area contributed by atoms with Crippen LogP contribution in [-0.4, -0.2) is 9.97 Å². The Bertz CT molecular complexity index is 707. The third-order valence-corrected chi connectivity index (χ3v) is 5.66. The van der Waals surface area contributed by atoms with Gasteiger partial charge in [-0.1, -0.05) is 78.1 Å². The minimum Gasteiger partial charge on any atom is -0.465 e. The maximum Gasteiger partial charge on any atom is 0.159 e. The molecule has 170 valence electrons. The summed E-state index contributed by atoms with van der Waals surface area (Å²) in [4.78, 5) is 9.11. The molecule has 0 amide bonds. The molecular weight excluding hydrogens is 380 g/mol. The molecule has 3 heteroatoms. The highest BCUT2D eigenvalue weighted by atomic mass is 16.5. The van der Waals surface area contributed by atoms with Gasteiger partial charge in [0, 0.05) is 18.0 Å². The molecule has 3 nitrogen and oxygen atoms in total. The van der Waals surface area contributed by atoms with Crippen LogP contribution in [0.15, 0.2) is 49.0 Å². The van der Waals surface area contributed by atoms with Gasteiger partial charge < -0.3 is 4.74 Å². The van der Waals surface area contributed by atoms with Crippen LogP contribution in [0.25, 0.3) is 11.4 Å². The van der Waals surface area contributed by atoms with Crippen molar-refractivity contribution in [1.29, 1.82) is 0 Å². The number of nitrogens with zero attached hydrogens (tertiary/aromatic N) is 2. The van der Waals surface area contributed by atoms with Crippen LogP contribution in [0.4, 0.5) is 0 Å². The normalized spacial score (nSPS) is 11.3. The molecule has 1 aromatic heterocycles. The molecule has 1 aromatic carbocycles. The topological polar surface area (TPSA) is 35.0 Å². The van der Waals surface area contributed by atoms with Crippen LogP contribution in [0.5, 0.6) is 5.75 Å². The highest BCUT2D eigenvalue weighted by molar-refractivity contribution is 5.55. The van der Waals surface area contributed by atoms with Gasteiger partial charge in [0.15, 0.2) is 5.82 Å². The second-order valence-corrected chi connectivity index (χ2v) is 8.50. The van der Waals surface area contributed by atoms with Gasteiger partial charge in [0.1, 0.15) is 5.75 Å².